The molecular formula is C13H16N2O2. The Morgan fingerprint density at radius 1 is 1.24 bits per heavy atom. The molecule has 1 aliphatic rings. The second-order valence-electron chi connectivity index (χ2n) is 4.42. The van der Waals surface area contributed by atoms with Crippen molar-refractivity contribution in [3.05, 3.63) is 29.8 Å². The molecule has 0 aromatic heterocycles. The van der Waals surface area contributed by atoms with Crippen LogP contribution in [0.1, 0.15) is 36.0 Å². The highest BCUT2D eigenvalue weighted by atomic mass is 16.2. The Hall–Kier alpha value is -1.84. The van der Waals surface area contributed by atoms with E-state index < -0.39 is 5.91 Å². The Labute approximate surface area is 100 Å². The summed E-state index contributed by atoms with van der Waals surface area (Å²) in [7, 11) is 0. The predicted octanol–water partition coefficient (Wildman–Crippen LogP) is 1.91. The maximum Gasteiger partial charge on any atom is 0.248 e. The number of nitrogens with two attached hydrogens (primary N) is 1. The standard InChI is InChI=1S/C13H16N2O2/c14-12(16)10-6-3-7-11(8-10)15-13(17)9-4-1-2-5-9/h3,6-9H,1-2,4-5H2,(H2,14,16)(H,15,17). The Balaban J connectivity index is 2.05. The minimum absolute atomic E-state index is 0.0455. The van der Waals surface area contributed by atoms with Gasteiger partial charge in [0.05, 0.1) is 0 Å². The van der Waals surface area contributed by atoms with Crippen molar-refractivity contribution in [2.75, 3.05) is 5.32 Å². The first kappa shape index (κ1) is 11.6. The molecule has 0 bridgehead atoms. The van der Waals surface area contributed by atoms with Crippen LogP contribution in [0, 0.1) is 5.92 Å². The molecule has 1 aliphatic carbocycles. The fourth-order valence-electron chi connectivity index (χ4n) is 2.18. The van der Waals surface area contributed by atoms with Crippen LogP contribution in [0.4, 0.5) is 5.69 Å². The van der Waals surface area contributed by atoms with Crippen LogP contribution in [-0.2, 0) is 4.79 Å². The Morgan fingerprint density at radius 3 is 2.59 bits per heavy atom. The van der Waals surface area contributed by atoms with Gasteiger partial charge in [-0.1, -0.05) is 18.9 Å². The van der Waals surface area contributed by atoms with Crippen LogP contribution in [0.25, 0.3) is 0 Å². The molecule has 0 unspecified atom stereocenters. The van der Waals surface area contributed by atoms with Crippen LogP contribution in [0.5, 0.6) is 0 Å². The molecule has 2 amide bonds. The van der Waals surface area contributed by atoms with E-state index in [-0.39, 0.29) is 11.8 Å². The zero-order valence-electron chi connectivity index (χ0n) is 9.61. The zero-order valence-corrected chi connectivity index (χ0v) is 9.61. The van der Waals surface area contributed by atoms with E-state index in [1.807, 2.05) is 0 Å². The SMILES string of the molecule is NC(=O)c1cccc(NC(=O)C2CCCC2)c1. The molecule has 0 spiro atoms. The Morgan fingerprint density at radius 2 is 1.94 bits per heavy atom. The molecular weight excluding hydrogens is 216 g/mol. The van der Waals surface area contributed by atoms with Crippen molar-refractivity contribution >= 4 is 17.5 Å². The summed E-state index contributed by atoms with van der Waals surface area (Å²) >= 11 is 0. The fraction of sp³-hybridized carbons (Fsp3) is 0.385. The Bertz CT molecular complexity index is 437. The first-order chi connectivity index (χ1) is 8.16. The molecule has 2 rings (SSSR count). The lowest BCUT2D eigenvalue weighted by molar-refractivity contribution is -0.119. The van der Waals surface area contributed by atoms with E-state index in [2.05, 4.69) is 5.32 Å². The average molecular weight is 232 g/mol. The quantitative estimate of drug-likeness (QED) is 0.835. The first-order valence-corrected chi connectivity index (χ1v) is 5.87. The van der Waals surface area contributed by atoms with Crippen molar-refractivity contribution in [3.63, 3.8) is 0 Å². The molecule has 17 heavy (non-hydrogen) atoms. The second kappa shape index (κ2) is 4.99. The van der Waals surface area contributed by atoms with Crippen LogP contribution < -0.4 is 11.1 Å². The number of anilines is 1. The highest BCUT2D eigenvalue weighted by molar-refractivity contribution is 5.96. The van der Waals surface area contributed by atoms with Gasteiger partial charge in [0.25, 0.3) is 0 Å². The van der Waals surface area contributed by atoms with Crippen LogP contribution in [0.3, 0.4) is 0 Å². The van der Waals surface area contributed by atoms with Gasteiger partial charge in [0.15, 0.2) is 0 Å². The van der Waals surface area contributed by atoms with Gasteiger partial charge in [0.2, 0.25) is 11.8 Å². The monoisotopic (exact) mass is 232 g/mol. The van der Waals surface area contributed by atoms with Gasteiger partial charge in [-0.05, 0) is 31.0 Å². The van der Waals surface area contributed by atoms with Crippen molar-refractivity contribution in [1.29, 1.82) is 0 Å². The summed E-state index contributed by atoms with van der Waals surface area (Å²) in [5.74, 6) is -0.321. The number of carbonyl (C=O) groups excluding carboxylic acids is 2. The smallest absolute Gasteiger partial charge is 0.248 e. The van der Waals surface area contributed by atoms with Crippen molar-refractivity contribution < 1.29 is 9.59 Å². The molecule has 4 nitrogen and oxygen atoms in total. The minimum atomic E-state index is -0.484. The van der Waals surface area contributed by atoms with Crippen LogP contribution in [-0.4, -0.2) is 11.8 Å². The van der Waals surface area contributed by atoms with Crippen molar-refractivity contribution in [1.82, 2.24) is 0 Å². The summed E-state index contributed by atoms with van der Waals surface area (Å²) in [5.41, 5.74) is 6.23. The maximum atomic E-state index is 11.9. The molecule has 0 atom stereocenters. The second-order valence-corrected chi connectivity index (χ2v) is 4.42. The number of nitrogens with one attached hydrogen (secondary N) is 1. The Kier molecular flexibility index (Phi) is 3.42. The van der Waals surface area contributed by atoms with E-state index in [1.165, 1.54) is 0 Å². The third-order valence-electron chi connectivity index (χ3n) is 3.14. The molecule has 1 aromatic rings. The summed E-state index contributed by atoms with van der Waals surface area (Å²) < 4.78 is 0. The molecule has 1 fully saturated rings. The third-order valence-corrected chi connectivity index (χ3v) is 3.14. The minimum Gasteiger partial charge on any atom is -0.366 e. The highest BCUT2D eigenvalue weighted by Gasteiger charge is 2.22. The predicted molar refractivity (Wildman–Crippen MR) is 65.5 cm³/mol. The van der Waals surface area contributed by atoms with E-state index in [1.54, 1.807) is 24.3 Å². The van der Waals surface area contributed by atoms with E-state index in [4.69, 9.17) is 5.73 Å². The van der Waals surface area contributed by atoms with Gasteiger partial charge in [-0.25, -0.2) is 0 Å². The summed E-state index contributed by atoms with van der Waals surface area (Å²) in [6, 6.07) is 6.71. The van der Waals surface area contributed by atoms with Crippen LogP contribution >= 0.6 is 0 Å². The number of benzene rings is 1. The van der Waals surface area contributed by atoms with Gasteiger partial charge in [-0.3, -0.25) is 9.59 Å². The average Bonchev–Trinajstić information content (AvgIpc) is 2.82. The summed E-state index contributed by atoms with van der Waals surface area (Å²) in [6.45, 7) is 0. The van der Waals surface area contributed by atoms with Gasteiger partial charge in [-0.2, -0.15) is 0 Å². The first-order valence-electron chi connectivity index (χ1n) is 5.87. The summed E-state index contributed by atoms with van der Waals surface area (Å²) in [4.78, 5) is 22.9. The van der Waals surface area contributed by atoms with Gasteiger partial charge in [0.1, 0.15) is 0 Å². The summed E-state index contributed by atoms with van der Waals surface area (Å²) in [6.07, 6.45) is 4.17. The van der Waals surface area contributed by atoms with E-state index in [0.29, 0.717) is 11.3 Å². The zero-order chi connectivity index (χ0) is 12.3. The fourth-order valence-corrected chi connectivity index (χ4v) is 2.18. The number of primary amides is 1. The summed E-state index contributed by atoms with van der Waals surface area (Å²) in [5, 5.41) is 2.83. The van der Waals surface area contributed by atoms with Crippen LogP contribution in [0.15, 0.2) is 24.3 Å². The number of carbonyl (C=O) groups is 2. The number of amides is 2. The molecule has 3 N–H and O–H groups in total. The molecule has 0 saturated heterocycles. The van der Waals surface area contributed by atoms with Crippen molar-refractivity contribution in [3.8, 4) is 0 Å². The molecule has 0 aliphatic heterocycles. The number of hydrogen-bond donors (Lipinski definition) is 2. The van der Waals surface area contributed by atoms with Gasteiger partial charge >= 0.3 is 0 Å². The third kappa shape index (κ3) is 2.84. The van der Waals surface area contributed by atoms with E-state index in [0.717, 1.165) is 25.7 Å². The number of hydrogen-bond acceptors (Lipinski definition) is 2. The molecule has 0 heterocycles. The van der Waals surface area contributed by atoms with Gasteiger partial charge < -0.3 is 11.1 Å². The molecule has 0 radical (unpaired) electrons. The normalized spacial score (nSPS) is 15.8. The topological polar surface area (TPSA) is 72.2 Å². The highest BCUT2D eigenvalue weighted by Crippen LogP contribution is 2.26. The van der Waals surface area contributed by atoms with Crippen LogP contribution in [0.2, 0.25) is 0 Å². The van der Waals surface area contributed by atoms with Gasteiger partial charge in [-0.15, -0.1) is 0 Å². The molecule has 1 saturated carbocycles. The molecule has 4 heteroatoms. The van der Waals surface area contributed by atoms with E-state index >= 15 is 0 Å². The maximum absolute atomic E-state index is 11.9. The molecule has 90 valence electrons. The van der Waals surface area contributed by atoms with Crippen molar-refractivity contribution in [2.24, 2.45) is 11.7 Å². The number of rotatable bonds is 3. The van der Waals surface area contributed by atoms with Crippen molar-refractivity contribution in [2.45, 2.75) is 25.7 Å². The molecule has 1 aromatic carbocycles. The lowest BCUT2D eigenvalue weighted by Gasteiger charge is -2.10. The lowest BCUT2D eigenvalue weighted by Crippen LogP contribution is -2.20. The lowest BCUT2D eigenvalue weighted by atomic mass is 10.1. The van der Waals surface area contributed by atoms with E-state index in [9.17, 15) is 9.59 Å². The van der Waals surface area contributed by atoms with Gasteiger partial charge in [0, 0.05) is 17.2 Å². The largest absolute Gasteiger partial charge is 0.366 e.